The summed E-state index contributed by atoms with van der Waals surface area (Å²) in [6.45, 7) is 2.05. The minimum atomic E-state index is -0.538. The van der Waals surface area contributed by atoms with Gasteiger partial charge < -0.3 is 10.6 Å². The number of halogens is 1. The van der Waals surface area contributed by atoms with Crippen LogP contribution >= 0.6 is 22.9 Å². The molecule has 23 heavy (non-hydrogen) atoms. The fourth-order valence-electron chi connectivity index (χ4n) is 2.95. The van der Waals surface area contributed by atoms with Crippen molar-refractivity contribution in [3.63, 3.8) is 0 Å². The highest BCUT2D eigenvalue weighted by Gasteiger charge is 2.19. The van der Waals surface area contributed by atoms with E-state index in [1.54, 1.807) is 17.4 Å². The number of nitrogens with zero attached hydrogens (tertiary/aromatic N) is 3. The van der Waals surface area contributed by atoms with Crippen molar-refractivity contribution in [1.29, 1.82) is 0 Å². The number of fused-ring (bicyclic) bond motifs is 2. The van der Waals surface area contributed by atoms with Crippen LogP contribution in [0.4, 0.5) is 0 Å². The lowest BCUT2D eigenvalue weighted by atomic mass is 10.1. The van der Waals surface area contributed by atoms with Gasteiger partial charge in [-0.25, -0.2) is 4.52 Å². The molecule has 0 saturated heterocycles. The fraction of sp³-hybridized carbons (Fsp3) is 0.250. The molecule has 118 valence electrons. The van der Waals surface area contributed by atoms with Crippen LogP contribution in [0.25, 0.3) is 16.1 Å². The van der Waals surface area contributed by atoms with Crippen LogP contribution in [0.15, 0.2) is 24.3 Å². The molecule has 0 aromatic carbocycles. The smallest absolute Gasteiger partial charge is 0.267 e. The summed E-state index contributed by atoms with van der Waals surface area (Å²) in [5, 5.41) is 5.05. The van der Waals surface area contributed by atoms with Gasteiger partial charge in [-0.15, -0.1) is 11.3 Å². The molecule has 1 aliphatic rings. The minimum absolute atomic E-state index is 0.299. The van der Waals surface area contributed by atoms with Gasteiger partial charge in [0.1, 0.15) is 11.4 Å². The van der Waals surface area contributed by atoms with Crippen LogP contribution < -0.4 is 5.73 Å². The summed E-state index contributed by atoms with van der Waals surface area (Å²) in [4.78, 5) is 16.4. The zero-order chi connectivity index (χ0) is 16.1. The van der Waals surface area contributed by atoms with Crippen LogP contribution in [-0.4, -0.2) is 34.0 Å². The maximum atomic E-state index is 11.6. The summed E-state index contributed by atoms with van der Waals surface area (Å²) in [5.74, 6) is -0.538. The van der Waals surface area contributed by atoms with Crippen molar-refractivity contribution in [3.05, 3.63) is 45.4 Å². The Hall–Kier alpha value is -1.89. The topological polar surface area (TPSA) is 63.6 Å². The molecule has 0 spiro atoms. The van der Waals surface area contributed by atoms with Gasteiger partial charge in [0.2, 0.25) is 0 Å². The lowest BCUT2D eigenvalue weighted by molar-refractivity contribution is 0.0994. The molecular weight excluding hydrogens is 332 g/mol. The number of carbonyl (C=O) groups is 1. The molecule has 5 nitrogen and oxygen atoms in total. The van der Waals surface area contributed by atoms with Gasteiger partial charge in [-0.05, 0) is 43.3 Å². The Bertz CT molecular complexity index is 930. The number of aromatic nitrogens is 2. The van der Waals surface area contributed by atoms with Crippen LogP contribution in [0, 0.1) is 0 Å². The van der Waals surface area contributed by atoms with Crippen molar-refractivity contribution < 1.29 is 4.79 Å². The van der Waals surface area contributed by atoms with E-state index >= 15 is 0 Å². The third kappa shape index (κ3) is 2.43. The van der Waals surface area contributed by atoms with Gasteiger partial charge >= 0.3 is 0 Å². The van der Waals surface area contributed by atoms with Crippen molar-refractivity contribution in [1.82, 2.24) is 14.5 Å². The number of hydrogen-bond acceptors (Lipinski definition) is 4. The van der Waals surface area contributed by atoms with E-state index in [1.165, 1.54) is 15.0 Å². The van der Waals surface area contributed by atoms with Crippen molar-refractivity contribution in [2.75, 3.05) is 13.6 Å². The minimum Gasteiger partial charge on any atom is -0.364 e. The number of amides is 1. The Morgan fingerprint density at radius 1 is 1.39 bits per heavy atom. The fourth-order valence-corrected chi connectivity index (χ4v) is 4.32. The standard InChI is InChI=1S/C16H15ClN4OS/c1-20-5-4-14-9(8-20)6-15(23-14)11-2-3-12-10(17)7-13(16(18)22)21(12)19-11/h2-3,6-7H,4-5,8H2,1H3,(H2,18,22). The Morgan fingerprint density at radius 2 is 2.22 bits per heavy atom. The molecule has 1 amide bonds. The van der Waals surface area contributed by atoms with Gasteiger partial charge in [0.25, 0.3) is 5.91 Å². The number of nitrogens with two attached hydrogens (primary N) is 1. The predicted octanol–water partition coefficient (Wildman–Crippen LogP) is 2.80. The van der Waals surface area contributed by atoms with E-state index in [0.717, 1.165) is 30.1 Å². The largest absolute Gasteiger partial charge is 0.364 e. The molecule has 0 fully saturated rings. The quantitative estimate of drug-likeness (QED) is 0.776. The molecule has 0 aliphatic carbocycles. The molecule has 3 aromatic heterocycles. The number of primary amides is 1. The summed E-state index contributed by atoms with van der Waals surface area (Å²) in [5.41, 5.74) is 8.59. The Labute approximate surface area is 142 Å². The van der Waals surface area contributed by atoms with Crippen molar-refractivity contribution in [2.24, 2.45) is 5.73 Å². The summed E-state index contributed by atoms with van der Waals surface area (Å²) < 4.78 is 1.53. The maximum Gasteiger partial charge on any atom is 0.267 e. The van der Waals surface area contributed by atoms with Crippen molar-refractivity contribution in [3.8, 4) is 10.6 Å². The van der Waals surface area contributed by atoms with Gasteiger partial charge in [-0.1, -0.05) is 11.6 Å². The normalized spacial score (nSPS) is 15.0. The average Bonchev–Trinajstić information content (AvgIpc) is 3.08. The molecule has 0 bridgehead atoms. The molecule has 7 heteroatoms. The first kappa shape index (κ1) is 14.7. The SMILES string of the molecule is CN1CCc2sc(-c3ccc4c(Cl)cc(C(N)=O)n4n3)cc2C1. The lowest BCUT2D eigenvalue weighted by Gasteiger charge is -2.21. The van der Waals surface area contributed by atoms with Crippen LogP contribution in [0.2, 0.25) is 5.02 Å². The molecule has 0 saturated carbocycles. The zero-order valence-electron chi connectivity index (χ0n) is 12.5. The number of hydrogen-bond donors (Lipinski definition) is 1. The number of carbonyl (C=O) groups excluding carboxylic acids is 1. The molecular formula is C16H15ClN4OS. The van der Waals surface area contributed by atoms with E-state index < -0.39 is 5.91 Å². The molecule has 1 aliphatic heterocycles. The van der Waals surface area contributed by atoms with E-state index in [2.05, 4.69) is 23.1 Å². The molecule has 0 radical (unpaired) electrons. The molecule has 3 aromatic rings. The maximum absolute atomic E-state index is 11.6. The van der Waals surface area contributed by atoms with E-state index in [4.69, 9.17) is 17.3 Å². The monoisotopic (exact) mass is 346 g/mol. The second-order valence-electron chi connectivity index (χ2n) is 5.80. The summed E-state index contributed by atoms with van der Waals surface area (Å²) in [6.07, 6.45) is 1.07. The molecule has 4 heterocycles. The highest BCUT2D eigenvalue weighted by atomic mass is 35.5. The van der Waals surface area contributed by atoms with Crippen molar-refractivity contribution in [2.45, 2.75) is 13.0 Å². The molecule has 4 rings (SSSR count). The van der Waals surface area contributed by atoms with Gasteiger partial charge in [-0.2, -0.15) is 5.10 Å². The van der Waals surface area contributed by atoms with Gasteiger partial charge in [0.05, 0.1) is 15.4 Å². The number of likely N-dealkylation sites (N-methyl/N-ethyl adjacent to an activating group) is 1. The van der Waals surface area contributed by atoms with E-state index in [0.29, 0.717) is 16.2 Å². The highest BCUT2D eigenvalue weighted by Crippen LogP contribution is 2.34. The number of rotatable bonds is 2. The second kappa shape index (κ2) is 5.33. The van der Waals surface area contributed by atoms with E-state index in [1.807, 2.05) is 12.1 Å². The Morgan fingerprint density at radius 3 is 3.00 bits per heavy atom. The summed E-state index contributed by atoms with van der Waals surface area (Å²) in [7, 11) is 2.13. The van der Waals surface area contributed by atoms with Crippen LogP contribution in [0.3, 0.4) is 0 Å². The lowest BCUT2D eigenvalue weighted by Crippen LogP contribution is -2.25. The molecule has 2 N–H and O–H groups in total. The van der Waals surface area contributed by atoms with Crippen LogP contribution in [0.1, 0.15) is 20.9 Å². The van der Waals surface area contributed by atoms with Crippen LogP contribution in [0.5, 0.6) is 0 Å². The highest BCUT2D eigenvalue weighted by molar-refractivity contribution is 7.15. The average molecular weight is 347 g/mol. The Kier molecular flexibility index (Phi) is 3.41. The van der Waals surface area contributed by atoms with Gasteiger partial charge in [0.15, 0.2) is 0 Å². The Balaban J connectivity index is 1.83. The van der Waals surface area contributed by atoms with E-state index in [-0.39, 0.29) is 0 Å². The van der Waals surface area contributed by atoms with Gasteiger partial charge in [-0.3, -0.25) is 4.79 Å². The predicted molar refractivity (Wildman–Crippen MR) is 92.1 cm³/mol. The summed E-state index contributed by atoms with van der Waals surface area (Å²) >= 11 is 7.92. The summed E-state index contributed by atoms with van der Waals surface area (Å²) in [6, 6.07) is 7.57. The van der Waals surface area contributed by atoms with Crippen molar-refractivity contribution >= 4 is 34.4 Å². The first-order chi connectivity index (χ1) is 11.0. The second-order valence-corrected chi connectivity index (χ2v) is 7.35. The zero-order valence-corrected chi connectivity index (χ0v) is 14.1. The molecule has 0 atom stereocenters. The van der Waals surface area contributed by atoms with Crippen LogP contribution in [-0.2, 0) is 13.0 Å². The number of thiophene rings is 1. The first-order valence-electron chi connectivity index (χ1n) is 7.31. The third-order valence-electron chi connectivity index (χ3n) is 4.13. The third-order valence-corrected chi connectivity index (χ3v) is 5.70. The first-order valence-corrected chi connectivity index (χ1v) is 8.51. The molecule has 0 unspecified atom stereocenters. The van der Waals surface area contributed by atoms with Gasteiger partial charge in [0, 0.05) is 18.0 Å². The van der Waals surface area contributed by atoms with E-state index in [9.17, 15) is 4.79 Å².